The lowest BCUT2D eigenvalue weighted by atomic mass is 9.87. The zero-order chi connectivity index (χ0) is 10.6. The van der Waals surface area contributed by atoms with Gasteiger partial charge in [0, 0.05) is 6.54 Å². The van der Waals surface area contributed by atoms with Gasteiger partial charge in [0.2, 0.25) is 0 Å². The van der Waals surface area contributed by atoms with E-state index in [2.05, 4.69) is 31.9 Å². The quantitative estimate of drug-likeness (QED) is 0.668. The highest BCUT2D eigenvalue weighted by Crippen LogP contribution is 2.27. The average Bonchev–Trinajstić information content (AvgIpc) is 2.08. The van der Waals surface area contributed by atoms with Gasteiger partial charge in [0.1, 0.15) is 5.41 Å². The van der Waals surface area contributed by atoms with Crippen LogP contribution < -0.4 is 0 Å². The van der Waals surface area contributed by atoms with Crippen LogP contribution in [0.4, 0.5) is 0 Å². The van der Waals surface area contributed by atoms with Crippen LogP contribution in [0.1, 0.15) is 20.3 Å². The fourth-order valence-electron chi connectivity index (χ4n) is 1.61. The topological polar surface area (TPSA) is 36.3 Å². The molecule has 1 heterocycles. The number of rotatable bonds is 5. The van der Waals surface area contributed by atoms with Gasteiger partial charge in [0.05, 0.1) is 19.3 Å². The van der Waals surface area contributed by atoms with Gasteiger partial charge in [0.25, 0.3) is 0 Å². The molecule has 0 aromatic rings. The van der Waals surface area contributed by atoms with Crippen molar-refractivity contribution in [3.8, 4) is 6.07 Å². The Bertz CT molecular complexity index is 216. The molecule has 0 unspecified atom stereocenters. The van der Waals surface area contributed by atoms with E-state index in [0.717, 1.165) is 19.0 Å². The van der Waals surface area contributed by atoms with Crippen molar-refractivity contribution in [2.45, 2.75) is 20.3 Å². The maximum atomic E-state index is 9.01. The molecule has 1 saturated heterocycles. The first kappa shape index (κ1) is 11.5. The van der Waals surface area contributed by atoms with Gasteiger partial charge in [-0.2, -0.15) is 5.26 Å². The standard InChI is InChI=1S/C11H20N2O/c1-10(2)4-5-13(3)7-11(6-12)8-14-9-11/h10H,4-5,7-9H2,1-3H3. The summed E-state index contributed by atoms with van der Waals surface area (Å²) >= 11 is 0. The summed E-state index contributed by atoms with van der Waals surface area (Å²) < 4.78 is 5.11. The Morgan fingerprint density at radius 2 is 2.14 bits per heavy atom. The Kier molecular flexibility index (Phi) is 3.91. The Morgan fingerprint density at radius 1 is 1.50 bits per heavy atom. The van der Waals surface area contributed by atoms with Gasteiger partial charge in [-0.05, 0) is 25.9 Å². The van der Waals surface area contributed by atoms with Crippen LogP contribution in [-0.4, -0.2) is 38.3 Å². The van der Waals surface area contributed by atoms with Gasteiger partial charge in [-0.15, -0.1) is 0 Å². The minimum Gasteiger partial charge on any atom is -0.378 e. The summed E-state index contributed by atoms with van der Waals surface area (Å²) in [7, 11) is 2.08. The van der Waals surface area contributed by atoms with Gasteiger partial charge in [-0.25, -0.2) is 0 Å². The molecule has 80 valence electrons. The lowest BCUT2D eigenvalue weighted by molar-refractivity contribution is -0.0889. The largest absolute Gasteiger partial charge is 0.378 e. The van der Waals surface area contributed by atoms with Crippen LogP contribution in [0.2, 0.25) is 0 Å². The summed E-state index contributed by atoms with van der Waals surface area (Å²) in [6, 6.07) is 2.37. The number of nitriles is 1. The van der Waals surface area contributed by atoms with Gasteiger partial charge >= 0.3 is 0 Å². The molecule has 0 saturated carbocycles. The number of ether oxygens (including phenoxy) is 1. The van der Waals surface area contributed by atoms with E-state index < -0.39 is 0 Å². The molecule has 1 fully saturated rings. The number of hydrogen-bond acceptors (Lipinski definition) is 3. The van der Waals surface area contributed by atoms with E-state index in [9.17, 15) is 0 Å². The summed E-state index contributed by atoms with van der Waals surface area (Å²) in [6.45, 7) is 7.57. The van der Waals surface area contributed by atoms with Crippen LogP contribution in [0.15, 0.2) is 0 Å². The zero-order valence-corrected chi connectivity index (χ0v) is 9.42. The molecule has 0 amide bonds. The first-order valence-electron chi connectivity index (χ1n) is 5.25. The van der Waals surface area contributed by atoms with Crippen LogP contribution >= 0.6 is 0 Å². The van der Waals surface area contributed by atoms with Crippen molar-refractivity contribution in [1.29, 1.82) is 5.26 Å². The van der Waals surface area contributed by atoms with E-state index in [4.69, 9.17) is 10.00 Å². The van der Waals surface area contributed by atoms with Crippen molar-refractivity contribution in [2.75, 3.05) is 33.4 Å². The summed E-state index contributed by atoms with van der Waals surface area (Å²) in [6.07, 6.45) is 1.19. The molecule has 0 bridgehead atoms. The highest BCUT2D eigenvalue weighted by Gasteiger charge is 2.39. The van der Waals surface area contributed by atoms with Crippen LogP contribution in [0.3, 0.4) is 0 Å². The highest BCUT2D eigenvalue weighted by molar-refractivity contribution is 5.05. The zero-order valence-electron chi connectivity index (χ0n) is 9.42. The lowest BCUT2D eigenvalue weighted by Crippen LogP contribution is -2.49. The summed E-state index contributed by atoms with van der Waals surface area (Å²) in [5.41, 5.74) is -0.217. The van der Waals surface area contributed by atoms with E-state index in [0.29, 0.717) is 13.2 Å². The molecule has 0 N–H and O–H groups in total. The van der Waals surface area contributed by atoms with Crippen molar-refractivity contribution in [3.63, 3.8) is 0 Å². The monoisotopic (exact) mass is 196 g/mol. The third-order valence-corrected chi connectivity index (χ3v) is 2.65. The molecule has 0 aliphatic carbocycles. The third kappa shape index (κ3) is 2.97. The normalized spacial score (nSPS) is 19.4. The fraction of sp³-hybridized carbons (Fsp3) is 0.909. The van der Waals surface area contributed by atoms with Gasteiger partial charge in [-0.1, -0.05) is 13.8 Å². The van der Waals surface area contributed by atoms with E-state index in [-0.39, 0.29) is 5.41 Å². The van der Waals surface area contributed by atoms with Crippen LogP contribution in [-0.2, 0) is 4.74 Å². The second-order valence-electron chi connectivity index (χ2n) is 4.81. The van der Waals surface area contributed by atoms with Gasteiger partial charge in [0.15, 0.2) is 0 Å². The molecule has 0 atom stereocenters. The molecular formula is C11H20N2O. The van der Waals surface area contributed by atoms with Crippen molar-refractivity contribution < 1.29 is 4.74 Å². The maximum Gasteiger partial charge on any atom is 0.116 e. The second kappa shape index (κ2) is 4.77. The first-order valence-corrected chi connectivity index (χ1v) is 5.25. The van der Waals surface area contributed by atoms with Gasteiger partial charge < -0.3 is 9.64 Å². The lowest BCUT2D eigenvalue weighted by Gasteiger charge is -2.38. The van der Waals surface area contributed by atoms with Crippen molar-refractivity contribution >= 4 is 0 Å². The average molecular weight is 196 g/mol. The molecule has 1 rings (SSSR count). The van der Waals surface area contributed by atoms with E-state index in [1.807, 2.05) is 0 Å². The number of hydrogen-bond donors (Lipinski definition) is 0. The second-order valence-corrected chi connectivity index (χ2v) is 4.81. The fourth-order valence-corrected chi connectivity index (χ4v) is 1.61. The molecule has 3 heteroatoms. The summed E-state index contributed by atoms with van der Waals surface area (Å²) in [5.74, 6) is 0.730. The molecule has 1 aliphatic rings. The Morgan fingerprint density at radius 3 is 2.50 bits per heavy atom. The summed E-state index contributed by atoms with van der Waals surface area (Å²) in [4.78, 5) is 2.24. The minimum absolute atomic E-state index is 0.217. The molecule has 3 nitrogen and oxygen atoms in total. The smallest absolute Gasteiger partial charge is 0.116 e. The van der Waals surface area contributed by atoms with E-state index >= 15 is 0 Å². The van der Waals surface area contributed by atoms with Crippen LogP contribution in [0.5, 0.6) is 0 Å². The predicted molar refractivity (Wildman–Crippen MR) is 55.8 cm³/mol. The van der Waals surface area contributed by atoms with Crippen molar-refractivity contribution in [3.05, 3.63) is 0 Å². The molecule has 1 aliphatic heterocycles. The Labute approximate surface area is 86.6 Å². The van der Waals surface area contributed by atoms with E-state index in [1.165, 1.54) is 6.42 Å². The number of nitrogens with zero attached hydrogens (tertiary/aromatic N) is 2. The van der Waals surface area contributed by atoms with E-state index in [1.54, 1.807) is 0 Å². The SMILES string of the molecule is CC(C)CCN(C)CC1(C#N)COC1. The molecule has 14 heavy (non-hydrogen) atoms. The highest BCUT2D eigenvalue weighted by atomic mass is 16.5. The van der Waals surface area contributed by atoms with Crippen molar-refractivity contribution in [1.82, 2.24) is 4.90 Å². The Hall–Kier alpha value is -0.590. The molecule has 0 spiro atoms. The molecular weight excluding hydrogens is 176 g/mol. The van der Waals surface area contributed by atoms with Crippen LogP contribution in [0, 0.1) is 22.7 Å². The minimum atomic E-state index is -0.217. The van der Waals surface area contributed by atoms with Crippen LogP contribution in [0.25, 0.3) is 0 Å². The van der Waals surface area contributed by atoms with Crippen molar-refractivity contribution in [2.24, 2.45) is 11.3 Å². The first-order chi connectivity index (χ1) is 6.58. The third-order valence-electron chi connectivity index (χ3n) is 2.65. The summed E-state index contributed by atoms with van der Waals surface area (Å²) in [5, 5.41) is 9.01. The molecule has 0 aromatic carbocycles. The molecule has 0 radical (unpaired) electrons. The van der Waals surface area contributed by atoms with Gasteiger partial charge in [-0.3, -0.25) is 0 Å². The predicted octanol–water partition coefficient (Wildman–Crippen LogP) is 1.50. The maximum absolute atomic E-state index is 9.01. The Balaban J connectivity index is 2.26. The molecule has 0 aromatic heterocycles.